The number of hydrogen-bond donors (Lipinski definition) is 2. The molecule has 0 radical (unpaired) electrons. The standard InChI is InChI=1S/C17H11N7O2/c25-12-1-10(4-18-6-12)23-8-20-14-3-15-17(22-16(14)23)24(9-21-15)11-2-13(26)7-19-5-11/h1-9,25-26H. The zero-order chi connectivity index (χ0) is 17.7. The van der Waals surface area contributed by atoms with Gasteiger partial charge in [-0.3, -0.25) is 19.1 Å². The van der Waals surface area contributed by atoms with Crippen LogP contribution < -0.4 is 0 Å². The van der Waals surface area contributed by atoms with E-state index in [0.29, 0.717) is 33.7 Å². The lowest BCUT2D eigenvalue weighted by Crippen LogP contribution is -1.98. The molecule has 2 N–H and O–H groups in total. The zero-order valence-electron chi connectivity index (χ0n) is 13.2. The molecule has 26 heavy (non-hydrogen) atoms. The molecule has 9 heteroatoms. The Morgan fingerprint density at radius 3 is 1.62 bits per heavy atom. The topological polar surface area (TPSA) is 115 Å². The summed E-state index contributed by atoms with van der Waals surface area (Å²) in [5.74, 6) is 0.114. The number of aromatic nitrogens is 7. The maximum absolute atomic E-state index is 9.68. The molecule has 126 valence electrons. The number of nitrogens with zero attached hydrogens (tertiary/aromatic N) is 7. The Morgan fingerprint density at radius 2 is 1.15 bits per heavy atom. The van der Waals surface area contributed by atoms with Crippen LogP contribution in [0, 0.1) is 0 Å². The minimum atomic E-state index is 0.0568. The SMILES string of the molecule is Oc1cncc(-n2cnc3cc4ncn(-c5cncc(O)c5)c4nc32)c1. The summed E-state index contributed by atoms with van der Waals surface area (Å²) in [6.07, 6.45) is 9.18. The molecule has 0 aromatic carbocycles. The third-order valence-electron chi connectivity index (χ3n) is 4.00. The van der Waals surface area contributed by atoms with E-state index >= 15 is 0 Å². The molecule has 5 heterocycles. The van der Waals surface area contributed by atoms with Crippen molar-refractivity contribution in [1.29, 1.82) is 0 Å². The van der Waals surface area contributed by atoms with Crippen molar-refractivity contribution < 1.29 is 10.2 Å². The van der Waals surface area contributed by atoms with Gasteiger partial charge < -0.3 is 10.2 Å². The second-order valence-corrected chi connectivity index (χ2v) is 5.71. The summed E-state index contributed by atoms with van der Waals surface area (Å²) in [6, 6.07) is 4.99. The van der Waals surface area contributed by atoms with Crippen LogP contribution in [-0.4, -0.2) is 44.3 Å². The van der Waals surface area contributed by atoms with Gasteiger partial charge in [0, 0.05) is 12.1 Å². The van der Waals surface area contributed by atoms with Crippen molar-refractivity contribution in [2.75, 3.05) is 0 Å². The molecule has 0 saturated carbocycles. The zero-order valence-corrected chi connectivity index (χ0v) is 13.2. The number of fused-ring (bicyclic) bond motifs is 2. The lowest BCUT2D eigenvalue weighted by molar-refractivity contribution is 0.472. The Balaban J connectivity index is 1.76. The van der Waals surface area contributed by atoms with Crippen LogP contribution in [-0.2, 0) is 0 Å². The fourth-order valence-electron chi connectivity index (χ4n) is 2.84. The quantitative estimate of drug-likeness (QED) is 0.502. The van der Waals surface area contributed by atoms with E-state index in [1.165, 1.54) is 12.4 Å². The summed E-state index contributed by atoms with van der Waals surface area (Å²) in [5, 5.41) is 19.4. The Morgan fingerprint density at radius 1 is 0.654 bits per heavy atom. The monoisotopic (exact) mass is 345 g/mol. The van der Waals surface area contributed by atoms with Gasteiger partial charge in [0.2, 0.25) is 0 Å². The highest BCUT2D eigenvalue weighted by Gasteiger charge is 2.13. The first-order valence-corrected chi connectivity index (χ1v) is 7.69. The molecule has 0 amide bonds. The van der Waals surface area contributed by atoms with E-state index in [1.807, 2.05) is 6.07 Å². The van der Waals surface area contributed by atoms with E-state index < -0.39 is 0 Å². The molecule has 0 atom stereocenters. The highest BCUT2D eigenvalue weighted by atomic mass is 16.3. The van der Waals surface area contributed by atoms with E-state index in [2.05, 4.69) is 19.9 Å². The normalized spacial score (nSPS) is 11.4. The third kappa shape index (κ3) is 2.14. The molecule has 0 bridgehead atoms. The van der Waals surface area contributed by atoms with Gasteiger partial charge >= 0.3 is 0 Å². The predicted molar refractivity (Wildman–Crippen MR) is 92.4 cm³/mol. The Hall–Kier alpha value is -4.01. The molecule has 9 nitrogen and oxygen atoms in total. The molecule has 5 aromatic heterocycles. The fourth-order valence-corrected chi connectivity index (χ4v) is 2.84. The Bertz CT molecular complexity index is 1180. The van der Waals surface area contributed by atoms with Crippen LogP contribution in [0.4, 0.5) is 0 Å². The summed E-state index contributed by atoms with van der Waals surface area (Å²) in [4.78, 5) is 21.4. The van der Waals surface area contributed by atoms with E-state index in [0.717, 1.165) is 0 Å². The first kappa shape index (κ1) is 14.3. The van der Waals surface area contributed by atoms with Crippen LogP contribution in [0.3, 0.4) is 0 Å². The first-order chi connectivity index (χ1) is 12.7. The largest absolute Gasteiger partial charge is 0.506 e. The highest BCUT2D eigenvalue weighted by molar-refractivity contribution is 5.87. The highest BCUT2D eigenvalue weighted by Crippen LogP contribution is 2.24. The molecule has 5 aromatic rings. The fraction of sp³-hybridized carbons (Fsp3) is 0. The van der Waals surface area contributed by atoms with Crippen molar-refractivity contribution in [3.8, 4) is 22.9 Å². The average Bonchev–Trinajstić information content (AvgIpc) is 3.23. The van der Waals surface area contributed by atoms with Crippen LogP contribution in [0.5, 0.6) is 11.5 Å². The van der Waals surface area contributed by atoms with Gasteiger partial charge in [-0.15, -0.1) is 0 Å². The third-order valence-corrected chi connectivity index (χ3v) is 4.00. The van der Waals surface area contributed by atoms with Crippen LogP contribution in [0.15, 0.2) is 55.6 Å². The maximum atomic E-state index is 9.68. The van der Waals surface area contributed by atoms with E-state index in [4.69, 9.17) is 4.98 Å². The Labute approximate surface area is 145 Å². The van der Waals surface area contributed by atoms with Crippen LogP contribution in [0.25, 0.3) is 33.7 Å². The van der Waals surface area contributed by atoms with Gasteiger partial charge in [0.15, 0.2) is 11.3 Å². The van der Waals surface area contributed by atoms with Gasteiger partial charge in [-0.05, 0) is 6.07 Å². The lowest BCUT2D eigenvalue weighted by atomic mass is 10.3. The number of pyridine rings is 3. The van der Waals surface area contributed by atoms with Gasteiger partial charge in [0.25, 0.3) is 0 Å². The van der Waals surface area contributed by atoms with Gasteiger partial charge in [0.05, 0.1) is 36.2 Å². The summed E-state index contributed by atoms with van der Waals surface area (Å²) in [7, 11) is 0. The minimum Gasteiger partial charge on any atom is -0.506 e. The van der Waals surface area contributed by atoms with Crippen molar-refractivity contribution >= 4 is 22.3 Å². The first-order valence-electron chi connectivity index (χ1n) is 7.69. The van der Waals surface area contributed by atoms with Gasteiger partial charge in [-0.25, -0.2) is 15.0 Å². The lowest BCUT2D eigenvalue weighted by Gasteiger charge is -2.05. The number of rotatable bonds is 2. The van der Waals surface area contributed by atoms with Crippen LogP contribution >= 0.6 is 0 Å². The molecule has 0 saturated heterocycles. The smallest absolute Gasteiger partial charge is 0.167 e. The Kier molecular flexibility index (Phi) is 2.89. The van der Waals surface area contributed by atoms with Gasteiger partial charge in [-0.1, -0.05) is 0 Å². The van der Waals surface area contributed by atoms with E-state index in [9.17, 15) is 10.2 Å². The number of hydrogen-bond acceptors (Lipinski definition) is 7. The molecule has 0 aliphatic carbocycles. The summed E-state index contributed by atoms with van der Waals surface area (Å²) < 4.78 is 3.47. The van der Waals surface area contributed by atoms with Gasteiger partial charge in [-0.2, -0.15) is 0 Å². The van der Waals surface area contributed by atoms with Crippen molar-refractivity contribution in [1.82, 2.24) is 34.1 Å². The average molecular weight is 345 g/mol. The molecule has 5 rings (SSSR count). The molecule has 0 aliphatic rings. The molecule has 0 spiro atoms. The number of imidazole rings is 2. The number of aromatic hydroxyl groups is 2. The van der Waals surface area contributed by atoms with Crippen molar-refractivity contribution in [2.24, 2.45) is 0 Å². The molecule has 0 fully saturated rings. The molecular formula is C17H11N7O2. The van der Waals surface area contributed by atoms with Crippen molar-refractivity contribution in [3.05, 3.63) is 55.6 Å². The summed E-state index contributed by atoms with van der Waals surface area (Å²) >= 11 is 0. The predicted octanol–water partition coefficient (Wildman–Crippen LogP) is 1.96. The second kappa shape index (κ2) is 5.24. The summed E-state index contributed by atoms with van der Waals surface area (Å²) in [6.45, 7) is 0. The van der Waals surface area contributed by atoms with Crippen LogP contribution in [0.2, 0.25) is 0 Å². The molecular weight excluding hydrogens is 334 g/mol. The summed E-state index contributed by atoms with van der Waals surface area (Å²) in [5.41, 5.74) is 3.81. The second-order valence-electron chi connectivity index (χ2n) is 5.71. The van der Waals surface area contributed by atoms with E-state index in [-0.39, 0.29) is 11.5 Å². The van der Waals surface area contributed by atoms with Crippen molar-refractivity contribution in [3.63, 3.8) is 0 Å². The molecule has 0 aliphatic heterocycles. The maximum Gasteiger partial charge on any atom is 0.167 e. The molecule has 0 unspecified atom stereocenters. The van der Waals surface area contributed by atoms with Crippen LogP contribution in [0.1, 0.15) is 0 Å². The minimum absolute atomic E-state index is 0.0568. The van der Waals surface area contributed by atoms with E-state index in [1.54, 1.807) is 46.3 Å². The van der Waals surface area contributed by atoms with Gasteiger partial charge in [0.1, 0.15) is 35.2 Å². The van der Waals surface area contributed by atoms with Crippen molar-refractivity contribution in [2.45, 2.75) is 0 Å².